The number of aliphatic imine (C=N–C) groups is 1. The Hall–Kier alpha value is -2.10. The van der Waals surface area contributed by atoms with E-state index in [1.165, 1.54) is 5.69 Å². The minimum atomic E-state index is -0.0880. The van der Waals surface area contributed by atoms with E-state index in [4.69, 9.17) is 0 Å². The van der Waals surface area contributed by atoms with Crippen molar-refractivity contribution in [3.8, 4) is 0 Å². The highest BCUT2D eigenvalue weighted by Crippen LogP contribution is 2.07. The third-order valence-corrected chi connectivity index (χ3v) is 4.12. The van der Waals surface area contributed by atoms with Crippen molar-refractivity contribution in [2.45, 2.75) is 40.3 Å². The van der Waals surface area contributed by atoms with Crippen molar-refractivity contribution >= 4 is 35.8 Å². The molecule has 2 aromatic rings. The van der Waals surface area contributed by atoms with Gasteiger partial charge in [-0.2, -0.15) is 5.10 Å². The minimum Gasteiger partial charge on any atom is -0.357 e. The summed E-state index contributed by atoms with van der Waals surface area (Å²) in [5.41, 5.74) is 3.88. The van der Waals surface area contributed by atoms with E-state index in [-0.39, 0.29) is 29.9 Å². The number of guanidine groups is 1. The van der Waals surface area contributed by atoms with Crippen LogP contribution in [0.3, 0.4) is 0 Å². The molecule has 0 saturated carbocycles. The van der Waals surface area contributed by atoms with Crippen LogP contribution in [0.15, 0.2) is 35.3 Å². The fraction of sp³-hybridized carbons (Fsp3) is 0.450. The number of hydrogen-bond donors (Lipinski definition) is 3. The Balaban J connectivity index is 0.00000392. The molecule has 2 rings (SSSR count). The molecule has 0 aliphatic heterocycles. The Kier molecular flexibility index (Phi) is 10.6. The quantitative estimate of drug-likeness (QED) is 0.226. The molecule has 0 spiro atoms. The van der Waals surface area contributed by atoms with Crippen LogP contribution >= 0.6 is 24.0 Å². The van der Waals surface area contributed by atoms with Gasteiger partial charge in [-0.15, -0.1) is 24.0 Å². The predicted molar refractivity (Wildman–Crippen MR) is 124 cm³/mol. The zero-order valence-electron chi connectivity index (χ0n) is 17.1. The largest absolute Gasteiger partial charge is 0.357 e. The van der Waals surface area contributed by atoms with Crippen molar-refractivity contribution in [2.24, 2.45) is 4.99 Å². The van der Waals surface area contributed by atoms with Gasteiger partial charge < -0.3 is 16.0 Å². The highest BCUT2D eigenvalue weighted by Gasteiger charge is 2.04. The van der Waals surface area contributed by atoms with E-state index in [0.717, 1.165) is 43.3 Å². The molecular weight excluding hydrogens is 467 g/mol. The summed E-state index contributed by atoms with van der Waals surface area (Å²) in [4.78, 5) is 16.4. The average Bonchev–Trinajstić information content (AvgIpc) is 2.99. The molecular formula is C20H31IN6O. The summed E-state index contributed by atoms with van der Waals surface area (Å²) in [6.45, 7) is 9.11. The Morgan fingerprint density at radius 2 is 2.00 bits per heavy atom. The SMILES string of the molecule is CCNC(=NCc1cccc(C(=O)NC)c1)NCCCn1nc(C)cc1C.I. The van der Waals surface area contributed by atoms with E-state index in [0.29, 0.717) is 12.1 Å². The number of amides is 1. The lowest BCUT2D eigenvalue weighted by atomic mass is 10.1. The second-order valence-corrected chi connectivity index (χ2v) is 6.41. The van der Waals surface area contributed by atoms with Gasteiger partial charge in [0.2, 0.25) is 0 Å². The summed E-state index contributed by atoms with van der Waals surface area (Å²) < 4.78 is 2.03. The maximum absolute atomic E-state index is 11.7. The van der Waals surface area contributed by atoms with E-state index < -0.39 is 0 Å². The van der Waals surface area contributed by atoms with Gasteiger partial charge in [0.25, 0.3) is 5.91 Å². The normalized spacial score (nSPS) is 10.9. The molecule has 7 nitrogen and oxygen atoms in total. The van der Waals surface area contributed by atoms with Gasteiger partial charge in [0.15, 0.2) is 5.96 Å². The summed E-state index contributed by atoms with van der Waals surface area (Å²) in [7, 11) is 1.63. The maximum Gasteiger partial charge on any atom is 0.251 e. The summed E-state index contributed by atoms with van der Waals surface area (Å²) in [5, 5.41) is 13.7. The highest BCUT2D eigenvalue weighted by atomic mass is 127. The van der Waals surface area contributed by atoms with Crippen LogP contribution in [-0.4, -0.2) is 41.8 Å². The molecule has 0 aliphatic carbocycles. The maximum atomic E-state index is 11.7. The third-order valence-electron chi connectivity index (χ3n) is 4.12. The monoisotopic (exact) mass is 498 g/mol. The van der Waals surface area contributed by atoms with Crippen molar-refractivity contribution in [1.82, 2.24) is 25.7 Å². The molecule has 0 aliphatic rings. The second-order valence-electron chi connectivity index (χ2n) is 6.41. The molecule has 1 aromatic heterocycles. The molecule has 1 heterocycles. The van der Waals surface area contributed by atoms with Crippen LogP contribution < -0.4 is 16.0 Å². The fourth-order valence-corrected chi connectivity index (χ4v) is 2.80. The van der Waals surface area contributed by atoms with Gasteiger partial charge in [0.05, 0.1) is 12.2 Å². The first-order valence-electron chi connectivity index (χ1n) is 9.37. The first-order valence-corrected chi connectivity index (χ1v) is 9.37. The lowest BCUT2D eigenvalue weighted by molar-refractivity contribution is 0.0963. The number of benzene rings is 1. The number of nitrogens with zero attached hydrogens (tertiary/aromatic N) is 3. The number of nitrogens with one attached hydrogen (secondary N) is 3. The zero-order chi connectivity index (χ0) is 19.6. The van der Waals surface area contributed by atoms with Gasteiger partial charge in [-0.05, 0) is 51.0 Å². The Morgan fingerprint density at radius 1 is 1.21 bits per heavy atom. The van der Waals surface area contributed by atoms with Crippen LogP contribution in [0.25, 0.3) is 0 Å². The van der Waals surface area contributed by atoms with Gasteiger partial charge in [-0.3, -0.25) is 9.48 Å². The molecule has 0 unspecified atom stereocenters. The van der Waals surface area contributed by atoms with Gasteiger partial charge in [0.1, 0.15) is 0 Å². The summed E-state index contributed by atoms with van der Waals surface area (Å²) in [6, 6.07) is 9.61. The average molecular weight is 498 g/mol. The Labute approximate surface area is 184 Å². The first kappa shape index (κ1) is 23.9. The van der Waals surface area contributed by atoms with Gasteiger partial charge in [0, 0.05) is 37.9 Å². The molecule has 8 heteroatoms. The van der Waals surface area contributed by atoms with Crippen LogP contribution in [-0.2, 0) is 13.1 Å². The third kappa shape index (κ3) is 7.49. The number of halogens is 1. The summed E-state index contributed by atoms with van der Waals surface area (Å²) >= 11 is 0. The standard InChI is InChI=1S/C20H30N6O.HI/c1-5-22-20(23-10-7-11-26-16(3)12-15(2)25-26)24-14-17-8-6-9-18(13-17)19(27)21-4;/h6,8-9,12-13H,5,7,10-11,14H2,1-4H3,(H,21,27)(H2,22,23,24);1H. The van der Waals surface area contributed by atoms with Crippen molar-refractivity contribution < 1.29 is 4.79 Å². The second kappa shape index (κ2) is 12.4. The van der Waals surface area contributed by atoms with Crippen LogP contribution in [0.1, 0.15) is 40.7 Å². The molecule has 0 radical (unpaired) electrons. The first-order chi connectivity index (χ1) is 13.0. The molecule has 0 fully saturated rings. The van der Waals surface area contributed by atoms with Crippen molar-refractivity contribution in [3.63, 3.8) is 0 Å². The number of hydrogen-bond acceptors (Lipinski definition) is 3. The molecule has 0 bridgehead atoms. The molecule has 154 valence electrons. The topological polar surface area (TPSA) is 83.3 Å². The smallest absolute Gasteiger partial charge is 0.251 e. The Morgan fingerprint density at radius 3 is 2.64 bits per heavy atom. The molecule has 3 N–H and O–H groups in total. The van der Waals surface area contributed by atoms with Gasteiger partial charge in [-0.25, -0.2) is 4.99 Å². The van der Waals surface area contributed by atoms with Crippen molar-refractivity contribution in [3.05, 3.63) is 52.8 Å². The van der Waals surface area contributed by atoms with Crippen LogP contribution in [0.4, 0.5) is 0 Å². The van der Waals surface area contributed by atoms with E-state index in [1.807, 2.05) is 36.7 Å². The number of aryl methyl sites for hydroxylation is 3. The number of aromatic nitrogens is 2. The lowest BCUT2D eigenvalue weighted by Crippen LogP contribution is -2.38. The van der Waals surface area contributed by atoms with E-state index in [1.54, 1.807) is 13.1 Å². The van der Waals surface area contributed by atoms with Gasteiger partial charge in [-0.1, -0.05) is 12.1 Å². The molecule has 0 saturated heterocycles. The van der Waals surface area contributed by atoms with Crippen LogP contribution in [0.2, 0.25) is 0 Å². The molecule has 28 heavy (non-hydrogen) atoms. The van der Waals surface area contributed by atoms with E-state index in [2.05, 4.69) is 39.0 Å². The molecule has 1 aromatic carbocycles. The van der Waals surface area contributed by atoms with Crippen molar-refractivity contribution in [2.75, 3.05) is 20.1 Å². The number of carbonyl (C=O) groups is 1. The van der Waals surface area contributed by atoms with Crippen LogP contribution in [0.5, 0.6) is 0 Å². The van der Waals surface area contributed by atoms with Crippen molar-refractivity contribution in [1.29, 1.82) is 0 Å². The molecule has 1 amide bonds. The summed E-state index contributed by atoms with van der Waals surface area (Å²) in [6.07, 6.45) is 0.957. The van der Waals surface area contributed by atoms with Crippen LogP contribution in [0, 0.1) is 13.8 Å². The van der Waals surface area contributed by atoms with E-state index in [9.17, 15) is 4.79 Å². The lowest BCUT2D eigenvalue weighted by Gasteiger charge is -2.12. The Bertz CT molecular complexity index is 787. The molecule has 0 atom stereocenters. The van der Waals surface area contributed by atoms with Gasteiger partial charge >= 0.3 is 0 Å². The predicted octanol–water partition coefficient (Wildman–Crippen LogP) is 2.62. The zero-order valence-corrected chi connectivity index (χ0v) is 19.4. The summed E-state index contributed by atoms with van der Waals surface area (Å²) in [5.74, 6) is 0.686. The fourth-order valence-electron chi connectivity index (χ4n) is 2.80. The minimum absolute atomic E-state index is 0. The number of rotatable bonds is 8. The number of carbonyl (C=O) groups excluding carboxylic acids is 1. The highest BCUT2D eigenvalue weighted by molar-refractivity contribution is 14.0. The van der Waals surface area contributed by atoms with E-state index >= 15 is 0 Å².